The first-order valence-corrected chi connectivity index (χ1v) is 7.80. The van der Waals surface area contributed by atoms with Gasteiger partial charge in [0, 0.05) is 32.6 Å². The number of carbonyl (C=O) groups is 3. The van der Waals surface area contributed by atoms with Crippen molar-refractivity contribution in [1.82, 2.24) is 0 Å². The van der Waals surface area contributed by atoms with Crippen molar-refractivity contribution in [1.29, 1.82) is 0 Å². The van der Waals surface area contributed by atoms with E-state index in [0.717, 1.165) is 0 Å². The lowest BCUT2D eigenvalue weighted by molar-refractivity contribution is -0.156. The van der Waals surface area contributed by atoms with Crippen molar-refractivity contribution < 1.29 is 19.1 Å². The van der Waals surface area contributed by atoms with Crippen LogP contribution in [0.5, 0.6) is 0 Å². The second-order valence-corrected chi connectivity index (χ2v) is 5.67. The zero-order valence-electron chi connectivity index (χ0n) is 13.8. The number of ether oxygens (including phenoxy) is 1. The topological polar surface area (TPSA) is 60.4 Å². The summed E-state index contributed by atoms with van der Waals surface area (Å²) in [6.07, 6.45) is 1.24. The number of rotatable bonds is 1. The summed E-state index contributed by atoms with van der Waals surface area (Å²) < 4.78 is 3.97. The second-order valence-electron chi connectivity index (χ2n) is 5.67. The molecule has 1 aliphatic rings. The fraction of sp³-hybridized carbons (Fsp3) is 0.250. The molecule has 1 atom stereocenters. The van der Waals surface area contributed by atoms with E-state index in [-0.39, 0.29) is 5.92 Å². The molecule has 1 aliphatic carbocycles. The average Bonchev–Trinajstić information content (AvgIpc) is 2.54. The maximum Gasteiger partial charge on any atom is 0.310 e. The van der Waals surface area contributed by atoms with Gasteiger partial charge in [-0.15, -0.1) is 0 Å². The number of carbonyl (C=O) groups excluding carboxylic acids is 3. The average molecular weight is 324 g/mol. The van der Waals surface area contributed by atoms with Crippen LogP contribution < -0.4 is 0 Å². The zero-order chi connectivity index (χ0) is 17.5. The largest absolute Gasteiger partial charge is 0.394 e. The van der Waals surface area contributed by atoms with Crippen molar-refractivity contribution in [2.75, 3.05) is 0 Å². The fourth-order valence-corrected chi connectivity index (χ4v) is 2.84. The van der Waals surface area contributed by atoms with Gasteiger partial charge in [-0.2, -0.15) is 0 Å². The van der Waals surface area contributed by atoms with E-state index in [1.54, 1.807) is 0 Å². The molecule has 0 radical (unpaired) electrons. The standard InChI is InChI=1S/C16H14O.C4H6O3/c17-14-10-13-8-4-5-9-15(13)16(11-14)12-6-2-1-3-7-12;1-3(5)7-4(2)6/h1-9,16H,10-11H2;1-2H3. The first-order valence-electron chi connectivity index (χ1n) is 7.80. The van der Waals surface area contributed by atoms with Crippen LogP contribution in [-0.4, -0.2) is 17.7 Å². The monoisotopic (exact) mass is 324 g/mol. The van der Waals surface area contributed by atoms with Crippen LogP contribution in [0.3, 0.4) is 0 Å². The molecule has 4 nitrogen and oxygen atoms in total. The van der Waals surface area contributed by atoms with Gasteiger partial charge < -0.3 is 4.74 Å². The molecule has 0 N–H and O–H groups in total. The molecule has 3 rings (SSSR count). The van der Waals surface area contributed by atoms with Crippen molar-refractivity contribution in [3.05, 3.63) is 71.3 Å². The third-order valence-corrected chi connectivity index (χ3v) is 3.74. The highest BCUT2D eigenvalue weighted by Gasteiger charge is 2.25. The molecule has 0 saturated carbocycles. The summed E-state index contributed by atoms with van der Waals surface area (Å²) in [7, 11) is 0. The Kier molecular flexibility index (Phi) is 6.01. The maximum absolute atomic E-state index is 11.8. The zero-order valence-corrected chi connectivity index (χ0v) is 13.8. The van der Waals surface area contributed by atoms with Crippen LogP contribution in [0.1, 0.15) is 42.9 Å². The van der Waals surface area contributed by atoms with E-state index in [1.807, 2.05) is 24.3 Å². The number of ketones is 1. The van der Waals surface area contributed by atoms with Crippen LogP contribution >= 0.6 is 0 Å². The normalized spacial score (nSPS) is 15.6. The molecule has 0 bridgehead atoms. The van der Waals surface area contributed by atoms with Gasteiger partial charge in [-0.05, 0) is 16.7 Å². The Bertz CT molecular complexity index is 722. The summed E-state index contributed by atoms with van der Waals surface area (Å²) in [5, 5.41) is 0. The predicted molar refractivity (Wildman–Crippen MR) is 90.5 cm³/mol. The lowest BCUT2D eigenvalue weighted by atomic mass is 9.78. The van der Waals surface area contributed by atoms with E-state index in [9.17, 15) is 14.4 Å². The highest BCUT2D eigenvalue weighted by molar-refractivity contribution is 5.85. The fourth-order valence-electron chi connectivity index (χ4n) is 2.84. The van der Waals surface area contributed by atoms with Gasteiger partial charge in [-0.3, -0.25) is 14.4 Å². The van der Waals surface area contributed by atoms with Crippen molar-refractivity contribution in [2.45, 2.75) is 32.6 Å². The van der Waals surface area contributed by atoms with E-state index >= 15 is 0 Å². The molecular weight excluding hydrogens is 304 g/mol. The van der Waals surface area contributed by atoms with Crippen LogP contribution in [0.15, 0.2) is 54.6 Å². The minimum Gasteiger partial charge on any atom is -0.394 e. The first kappa shape index (κ1) is 17.6. The van der Waals surface area contributed by atoms with Crippen molar-refractivity contribution in [3.63, 3.8) is 0 Å². The molecule has 0 aliphatic heterocycles. The summed E-state index contributed by atoms with van der Waals surface area (Å²) >= 11 is 0. The van der Waals surface area contributed by atoms with Crippen molar-refractivity contribution in [3.8, 4) is 0 Å². The lowest BCUT2D eigenvalue weighted by Gasteiger charge is -2.25. The number of fused-ring (bicyclic) bond motifs is 1. The Morgan fingerprint density at radius 2 is 1.50 bits per heavy atom. The third-order valence-electron chi connectivity index (χ3n) is 3.74. The summed E-state index contributed by atoms with van der Waals surface area (Å²) in [6, 6.07) is 18.6. The van der Waals surface area contributed by atoms with E-state index in [2.05, 4.69) is 35.1 Å². The summed E-state index contributed by atoms with van der Waals surface area (Å²) in [5.74, 6) is -0.536. The van der Waals surface area contributed by atoms with Gasteiger partial charge in [-0.1, -0.05) is 54.6 Å². The van der Waals surface area contributed by atoms with Gasteiger partial charge in [0.1, 0.15) is 5.78 Å². The van der Waals surface area contributed by atoms with Crippen molar-refractivity contribution in [2.24, 2.45) is 0 Å². The van der Waals surface area contributed by atoms with E-state index in [4.69, 9.17) is 0 Å². The Balaban J connectivity index is 0.000000256. The van der Waals surface area contributed by atoms with E-state index < -0.39 is 11.9 Å². The number of hydrogen-bond acceptors (Lipinski definition) is 4. The Morgan fingerprint density at radius 3 is 2.08 bits per heavy atom. The van der Waals surface area contributed by atoms with Crippen LogP contribution in [0.25, 0.3) is 0 Å². The highest BCUT2D eigenvalue weighted by atomic mass is 16.6. The van der Waals surface area contributed by atoms with Gasteiger partial charge in [-0.25, -0.2) is 0 Å². The second kappa shape index (κ2) is 8.20. The summed E-state index contributed by atoms with van der Waals surface area (Å²) in [6.45, 7) is 2.36. The van der Waals surface area contributed by atoms with Gasteiger partial charge >= 0.3 is 11.9 Å². The van der Waals surface area contributed by atoms with Crippen LogP contribution in [0, 0.1) is 0 Å². The third kappa shape index (κ3) is 4.88. The molecular formula is C20H20O4. The molecule has 0 amide bonds. The molecule has 0 aromatic heterocycles. The number of Topliss-reactive ketones (excluding diaryl/α,β-unsaturated/α-hetero) is 1. The number of benzene rings is 2. The smallest absolute Gasteiger partial charge is 0.310 e. The van der Waals surface area contributed by atoms with Gasteiger partial charge in [0.15, 0.2) is 0 Å². The SMILES string of the molecule is CC(=O)OC(C)=O.O=C1Cc2ccccc2C(c2ccccc2)C1. The van der Waals surface area contributed by atoms with Crippen LogP contribution in [-0.2, 0) is 25.5 Å². The highest BCUT2D eigenvalue weighted by Crippen LogP contribution is 2.34. The predicted octanol–water partition coefficient (Wildman–Crippen LogP) is 3.43. The minimum absolute atomic E-state index is 0.244. The summed E-state index contributed by atoms with van der Waals surface area (Å²) in [4.78, 5) is 31.4. The van der Waals surface area contributed by atoms with Gasteiger partial charge in [0.25, 0.3) is 0 Å². The first-order chi connectivity index (χ1) is 11.5. The van der Waals surface area contributed by atoms with Crippen LogP contribution in [0.2, 0.25) is 0 Å². The minimum atomic E-state index is -0.562. The molecule has 1 unspecified atom stereocenters. The van der Waals surface area contributed by atoms with Gasteiger partial charge in [0.05, 0.1) is 0 Å². The van der Waals surface area contributed by atoms with Crippen LogP contribution in [0.4, 0.5) is 0 Å². The quantitative estimate of drug-likeness (QED) is 0.595. The molecule has 0 heterocycles. The molecule has 124 valence electrons. The lowest BCUT2D eigenvalue weighted by Crippen LogP contribution is -2.18. The Morgan fingerprint density at radius 1 is 0.917 bits per heavy atom. The van der Waals surface area contributed by atoms with Gasteiger partial charge in [0.2, 0.25) is 0 Å². The maximum atomic E-state index is 11.8. The Labute approximate surface area is 141 Å². The van der Waals surface area contributed by atoms with E-state index in [1.165, 1.54) is 30.5 Å². The molecule has 2 aromatic rings. The Hall–Kier alpha value is -2.75. The molecule has 24 heavy (non-hydrogen) atoms. The molecule has 4 heteroatoms. The number of esters is 2. The molecule has 0 saturated heterocycles. The number of hydrogen-bond donors (Lipinski definition) is 0. The van der Waals surface area contributed by atoms with Crippen molar-refractivity contribution >= 4 is 17.7 Å². The molecule has 2 aromatic carbocycles. The molecule has 0 spiro atoms. The molecule has 0 fully saturated rings. The van der Waals surface area contributed by atoms with E-state index in [0.29, 0.717) is 18.6 Å². The summed E-state index contributed by atoms with van der Waals surface area (Å²) in [5.41, 5.74) is 3.75.